The highest BCUT2D eigenvalue weighted by molar-refractivity contribution is 8.13. The average molecular weight is 277 g/mol. The second-order valence-electron chi connectivity index (χ2n) is 3.03. The normalized spacial score (nSPS) is 12.8. The summed E-state index contributed by atoms with van der Waals surface area (Å²) in [5, 5.41) is 0. The lowest BCUT2D eigenvalue weighted by Crippen LogP contribution is -2.07. The molecule has 0 aliphatic heterocycles. The molecule has 16 heavy (non-hydrogen) atoms. The molecule has 0 spiro atoms. The van der Waals surface area contributed by atoms with E-state index in [1.54, 1.807) is 0 Å². The zero-order valence-electron chi connectivity index (χ0n) is 7.55. The van der Waals surface area contributed by atoms with E-state index in [9.17, 15) is 26.0 Å². The van der Waals surface area contributed by atoms with Crippen molar-refractivity contribution < 1.29 is 26.0 Å². The SMILES string of the molecule is O=S(=O)(Cl)Cc1cc(F)cc(C(F)(F)F)c1. The molecule has 2 nitrogen and oxygen atoms in total. The molecule has 0 heterocycles. The number of alkyl halides is 3. The van der Waals surface area contributed by atoms with Crippen LogP contribution in [0.2, 0.25) is 0 Å². The number of benzene rings is 1. The molecule has 1 aromatic rings. The van der Waals surface area contributed by atoms with Gasteiger partial charge in [-0.2, -0.15) is 13.2 Å². The van der Waals surface area contributed by atoms with Crippen LogP contribution < -0.4 is 0 Å². The smallest absolute Gasteiger partial charge is 0.212 e. The van der Waals surface area contributed by atoms with Crippen LogP contribution in [0.3, 0.4) is 0 Å². The topological polar surface area (TPSA) is 34.1 Å². The molecule has 0 atom stereocenters. The number of rotatable bonds is 2. The van der Waals surface area contributed by atoms with E-state index >= 15 is 0 Å². The van der Waals surface area contributed by atoms with E-state index in [2.05, 4.69) is 0 Å². The molecule has 1 aromatic carbocycles. The van der Waals surface area contributed by atoms with Crippen molar-refractivity contribution in [1.29, 1.82) is 0 Å². The fraction of sp³-hybridized carbons (Fsp3) is 0.250. The molecule has 0 radical (unpaired) electrons. The van der Waals surface area contributed by atoms with Gasteiger partial charge >= 0.3 is 6.18 Å². The minimum atomic E-state index is -4.73. The summed E-state index contributed by atoms with van der Waals surface area (Å²) in [4.78, 5) is 0. The van der Waals surface area contributed by atoms with Gasteiger partial charge < -0.3 is 0 Å². The molecule has 0 aromatic heterocycles. The fourth-order valence-electron chi connectivity index (χ4n) is 1.10. The summed E-state index contributed by atoms with van der Waals surface area (Å²) in [5.41, 5.74) is -1.59. The van der Waals surface area contributed by atoms with Gasteiger partial charge in [0.1, 0.15) is 5.82 Å². The van der Waals surface area contributed by atoms with Gasteiger partial charge in [0.2, 0.25) is 9.05 Å². The van der Waals surface area contributed by atoms with E-state index in [4.69, 9.17) is 10.7 Å². The summed E-state index contributed by atoms with van der Waals surface area (Å²) >= 11 is 0. The van der Waals surface area contributed by atoms with Gasteiger partial charge in [0, 0.05) is 10.7 Å². The monoisotopic (exact) mass is 276 g/mol. The van der Waals surface area contributed by atoms with E-state index < -0.39 is 32.4 Å². The van der Waals surface area contributed by atoms with Crippen LogP contribution >= 0.6 is 10.7 Å². The fourth-order valence-corrected chi connectivity index (χ4v) is 2.04. The Morgan fingerprint density at radius 1 is 1.19 bits per heavy atom. The number of hydrogen-bond acceptors (Lipinski definition) is 2. The molecule has 0 N–H and O–H groups in total. The molecule has 0 aliphatic rings. The highest BCUT2D eigenvalue weighted by Crippen LogP contribution is 2.30. The van der Waals surface area contributed by atoms with Crippen molar-refractivity contribution >= 4 is 19.7 Å². The maximum atomic E-state index is 12.8. The first kappa shape index (κ1) is 13.2. The Bertz CT molecular complexity index is 495. The van der Waals surface area contributed by atoms with Crippen molar-refractivity contribution in [2.75, 3.05) is 0 Å². The van der Waals surface area contributed by atoms with E-state index in [1.807, 2.05) is 0 Å². The van der Waals surface area contributed by atoms with E-state index in [0.29, 0.717) is 12.1 Å². The Morgan fingerprint density at radius 2 is 1.75 bits per heavy atom. The third-order valence-corrected chi connectivity index (χ3v) is 2.63. The van der Waals surface area contributed by atoms with Gasteiger partial charge in [-0.1, -0.05) is 0 Å². The Kier molecular flexibility index (Phi) is 3.49. The minimum Gasteiger partial charge on any atom is -0.212 e. The van der Waals surface area contributed by atoms with Gasteiger partial charge in [0.15, 0.2) is 0 Å². The summed E-state index contributed by atoms with van der Waals surface area (Å²) in [6.07, 6.45) is -4.73. The Balaban J connectivity index is 3.19. The molecule has 0 bridgehead atoms. The van der Waals surface area contributed by atoms with Crippen LogP contribution in [0, 0.1) is 5.82 Å². The lowest BCUT2D eigenvalue weighted by Gasteiger charge is -2.08. The van der Waals surface area contributed by atoms with Crippen LogP contribution in [0.25, 0.3) is 0 Å². The summed E-state index contributed by atoms with van der Waals surface area (Å²) in [6.45, 7) is 0. The minimum absolute atomic E-state index is 0.282. The van der Waals surface area contributed by atoms with Crippen molar-refractivity contribution in [2.24, 2.45) is 0 Å². The van der Waals surface area contributed by atoms with Crippen LogP contribution in [0.15, 0.2) is 18.2 Å². The predicted molar refractivity (Wildman–Crippen MR) is 49.9 cm³/mol. The zero-order chi connectivity index (χ0) is 12.6. The van der Waals surface area contributed by atoms with Crippen LogP contribution in [-0.4, -0.2) is 8.42 Å². The predicted octanol–water partition coefficient (Wildman–Crippen LogP) is 2.91. The summed E-state index contributed by atoms with van der Waals surface area (Å²) in [7, 11) is 0.837. The van der Waals surface area contributed by atoms with Crippen LogP contribution in [0.1, 0.15) is 11.1 Å². The van der Waals surface area contributed by atoms with Crippen molar-refractivity contribution in [1.82, 2.24) is 0 Å². The molecular formula is C8H5ClF4O2S. The molecule has 1 rings (SSSR count). The molecule has 0 saturated heterocycles. The standard InChI is InChI=1S/C8H5ClF4O2S/c9-16(14,15)4-5-1-6(8(11,12)13)3-7(10)2-5/h1-3H,4H2. The van der Waals surface area contributed by atoms with Crippen molar-refractivity contribution in [3.8, 4) is 0 Å². The molecule has 0 fully saturated rings. The molecule has 90 valence electrons. The van der Waals surface area contributed by atoms with Crippen LogP contribution in [0.4, 0.5) is 17.6 Å². The van der Waals surface area contributed by atoms with E-state index in [-0.39, 0.29) is 11.6 Å². The molecular weight excluding hydrogens is 272 g/mol. The maximum Gasteiger partial charge on any atom is 0.416 e. The van der Waals surface area contributed by atoms with Gasteiger partial charge in [-0.25, -0.2) is 12.8 Å². The summed E-state index contributed by atoms with van der Waals surface area (Å²) in [5.74, 6) is -2.01. The molecule has 8 heteroatoms. The second-order valence-corrected chi connectivity index (χ2v) is 5.81. The maximum absolute atomic E-state index is 12.8. The Morgan fingerprint density at radius 3 is 2.19 bits per heavy atom. The zero-order valence-corrected chi connectivity index (χ0v) is 9.13. The van der Waals surface area contributed by atoms with Crippen molar-refractivity contribution in [2.45, 2.75) is 11.9 Å². The Hall–Kier alpha value is -0.820. The Labute approximate surface area is 93.3 Å². The van der Waals surface area contributed by atoms with Crippen LogP contribution in [0.5, 0.6) is 0 Å². The van der Waals surface area contributed by atoms with Gasteiger partial charge in [0.05, 0.1) is 11.3 Å². The van der Waals surface area contributed by atoms with Gasteiger partial charge in [-0.3, -0.25) is 0 Å². The molecule has 0 amide bonds. The van der Waals surface area contributed by atoms with Crippen LogP contribution in [-0.2, 0) is 21.0 Å². The summed E-state index contributed by atoms with van der Waals surface area (Å²) < 4.78 is 70.8. The third-order valence-electron chi connectivity index (χ3n) is 1.62. The first-order chi connectivity index (χ1) is 7.08. The lowest BCUT2D eigenvalue weighted by atomic mass is 10.1. The van der Waals surface area contributed by atoms with Crippen molar-refractivity contribution in [3.05, 3.63) is 35.1 Å². The van der Waals surface area contributed by atoms with Gasteiger partial charge in [-0.15, -0.1) is 0 Å². The van der Waals surface area contributed by atoms with E-state index in [1.165, 1.54) is 0 Å². The first-order valence-electron chi connectivity index (χ1n) is 3.87. The van der Waals surface area contributed by atoms with Gasteiger partial charge in [-0.05, 0) is 23.8 Å². The lowest BCUT2D eigenvalue weighted by molar-refractivity contribution is -0.137. The molecule has 0 unspecified atom stereocenters. The van der Waals surface area contributed by atoms with Gasteiger partial charge in [0.25, 0.3) is 0 Å². The molecule has 0 aliphatic carbocycles. The molecule has 0 saturated carbocycles. The summed E-state index contributed by atoms with van der Waals surface area (Å²) in [6, 6.07) is 1.52. The number of hydrogen-bond donors (Lipinski definition) is 0. The number of halogens is 5. The van der Waals surface area contributed by atoms with E-state index in [0.717, 1.165) is 0 Å². The highest BCUT2D eigenvalue weighted by Gasteiger charge is 2.31. The quantitative estimate of drug-likeness (QED) is 0.615. The first-order valence-corrected chi connectivity index (χ1v) is 6.35. The second kappa shape index (κ2) is 4.21. The third kappa shape index (κ3) is 3.97. The average Bonchev–Trinajstić information content (AvgIpc) is 1.97. The largest absolute Gasteiger partial charge is 0.416 e. The highest BCUT2D eigenvalue weighted by atomic mass is 35.7. The van der Waals surface area contributed by atoms with Crippen molar-refractivity contribution in [3.63, 3.8) is 0 Å².